The van der Waals surface area contributed by atoms with Gasteiger partial charge in [0, 0.05) is 14.0 Å². The average molecular weight is 229 g/mol. The number of carboxylic acid groups (broad SMARTS) is 1. The first kappa shape index (κ1) is 14.2. The first-order valence-electron chi connectivity index (χ1n) is 4.62. The smallest absolute Gasteiger partial charge is 0.327 e. The van der Waals surface area contributed by atoms with Gasteiger partial charge in [0.05, 0.1) is 6.42 Å². The highest BCUT2D eigenvalue weighted by Crippen LogP contribution is 2.04. The summed E-state index contributed by atoms with van der Waals surface area (Å²) in [6.45, 7) is 4.60. The van der Waals surface area contributed by atoms with Crippen LogP contribution in [0, 0.1) is 0 Å². The van der Waals surface area contributed by atoms with E-state index in [1.165, 1.54) is 20.0 Å². The number of carboxylic acids is 1. The lowest BCUT2D eigenvalue weighted by molar-refractivity contribution is -0.154. The maximum atomic E-state index is 11.2. The number of carbonyl (C=O) groups is 3. The normalized spacial score (nSPS) is 11.4. The van der Waals surface area contributed by atoms with Crippen LogP contribution in [0.4, 0.5) is 0 Å². The van der Waals surface area contributed by atoms with Gasteiger partial charge in [0.1, 0.15) is 12.6 Å². The number of hydrogen-bond donors (Lipinski definition) is 1. The van der Waals surface area contributed by atoms with Gasteiger partial charge in [0.2, 0.25) is 5.91 Å². The zero-order valence-electron chi connectivity index (χ0n) is 9.30. The van der Waals surface area contributed by atoms with E-state index in [9.17, 15) is 14.4 Å². The predicted molar refractivity (Wildman–Crippen MR) is 55.6 cm³/mol. The van der Waals surface area contributed by atoms with Crippen LogP contribution in [0.25, 0.3) is 0 Å². The maximum Gasteiger partial charge on any atom is 0.327 e. The summed E-state index contributed by atoms with van der Waals surface area (Å²) in [6, 6.07) is -1.20. The van der Waals surface area contributed by atoms with Crippen LogP contribution in [0.1, 0.15) is 13.3 Å². The van der Waals surface area contributed by atoms with Crippen molar-refractivity contribution in [2.75, 3.05) is 13.7 Å². The molecule has 0 radical (unpaired) electrons. The van der Waals surface area contributed by atoms with E-state index in [0.717, 1.165) is 4.90 Å². The van der Waals surface area contributed by atoms with E-state index in [4.69, 9.17) is 5.11 Å². The van der Waals surface area contributed by atoms with E-state index in [-0.39, 0.29) is 13.0 Å². The van der Waals surface area contributed by atoms with Crippen molar-refractivity contribution < 1.29 is 24.2 Å². The Morgan fingerprint density at radius 2 is 2.06 bits per heavy atom. The van der Waals surface area contributed by atoms with Crippen molar-refractivity contribution in [1.29, 1.82) is 0 Å². The number of nitrogens with zero attached hydrogens (tertiary/aromatic N) is 1. The molecule has 0 saturated carbocycles. The van der Waals surface area contributed by atoms with Crippen molar-refractivity contribution in [3.8, 4) is 0 Å². The molecule has 0 aromatic carbocycles. The van der Waals surface area contributed by atoms with Crippen LogP contribution in [0.5, 0.6) is 0 Å². The summed E-state index contributed by atoms with van der Waals surface area (Å²) in [5.41, 5.74) is 0. The zero-order valence-corrected chi connectivity index (χ0v) is 9.30. The molecular weight excluding hydrogens is 214 g/mol. The van der Waals surface area contributed by atoms with E-state index in [1.54, 1.807) is 0 Å². The summed E-state index contributed by atoms with van der Waals surface area (Å²) in [6.07, 6.45) is 1.00. The van der Waals surface area contributed by atoms with Crippen LogP contribution in [0.15, 0.2) is 12.7 Å². The summed E-state index contributed by atoms with van der Waals surface area (Å²) >= 11 is 0. The fraction of sp³-hybridized carbons (Fsp3) is 0.500. The molecule has 0 fully saturated rings. The molecule has 0 aromatic heterocycles. The topological polar surface area (TPSA) is 83.9 Å². The Hall–Kier alpha value is -1.85. The number of rotatable bonds is 6. The van der Waals surface area contributed by atoms with Gasteiger partial charge in [-0.3, -0.25) is 9.59 Å². The van der Waals surface area contributed by atoms with Gasteiger partial charge >= 0.3 is 11.9 Å². The van der Waals surface area contributed by atoms with Gasteiger partial charge in [-0.15, -0.1) is 0 Å². The standard InChI is InChI=1S/C10H15NO5/c1-4-5-16-9(13)6-8(10(14)15)11(3)7(2)12/h4,8H,1,5-6H2,2-3H3,(H,14,15)/t8-/m0/s1. The second kappa shape index (κ2) is 6.60. The molecule has 6 heteroatoms. The molecule has 0 bridgehead atoms. The van der Waals surface area contributed by atoms with Crippen LogP contribution in [-0.2, 0) is 19.1 Å². The third kappa shape index (κ3) is 4.59. The quantitative estimate of drug-likeness (QED) is 0.513. The molecular formula is C10H15NO5. The summed E-state index contributed by atoms with van der Waals surface area (Å²) in [4.78, 5) is 34.0. The molecule has 0 aromatic rings. The number of esters is 1. The zero-order chi connectivity index (χ0) is 12.7. The van der Waals surface area contributed by atoms with Gasteiger partial charge in [-0.25, -0.2) is 4.79 Å². The molecule has 16 heavy (non-hydrogen) atoms. The van der Waals surface area contributed by atoms with Gasteiger partial charge in [0.25, 0.3) is 0 Å². The molecule has 1 atom stereocenters. The molecule has 0 aliphatic rings. The number of likely N-dealkylation sites (N-methyl/N-ethyl adjacent to an activating group) is 1. The molecule has 1 amide bonds. The Morgan fingerprint density at radius 3 is 2.44 bits per heavy atom. The Morgan fingerprint density at radius 1 is 1.50 bits per heavy atom. The molecule has 6 nitrogen and oxygen atoms in total. The van der Waals surface area contributed by atoms with Crippen molar-refractivity contribution in [3.63, 3.8) is 0 Å². The Balaban J connectivity index is 4.45. The van der Waals surface area contributed by atoms with Crippen LogP contribution in [0.3, 0.4) is 0 Å². The molecule has 0 heterocycles. The lowest BCUT2D eigenvalue weighted by atomic mass is 10.2. The number of ether oxygens (including phenoxy) is 1. The first-order chi connectivity index (χ1) is 7.40. The lowest BCUT2D eigenvalue weighted by Crippen LogP contribution is -2.42. The monoisotopic (exact) mass is 229 g/mol. The van der Waals surface area contributed by atoms with Crippen LogP contribution in [-0.4, -0.2) is 47.5 Å². The Labute approximate surface area is 93.5 Å². The van der Waals surface area contributed by atoms with Crippen molar-refractivity contribution >= 4 is 17.8 Å². The van der Waals surface area contributed by atoms with E-state index in [2.05, 4.69) is 11.3 Å². The largest absolute Gasteiger partial charge is 0.480 e. The van der Waals surface area contributed by atoms with Crippen molar-refractivity contribution in [1.82, 2.24) is 4.90 Å². The number of aliphatic carboxylic acids is 1. The first-order valence-corrected chi connectivity index (χ1v) is 4.62. The number of carbonyl (C=O) groups excluding carboxylic acids is 2. The summed E-state index contributed by atoms with van der Waals surface area (Å²) < 4.78 is 4.64. The van der Waals surface area contributed by atoms with E-state index in [0.29, 0.717) is 0 Å². The molecule has 0 spiro atoms. The highest BCUT2D eigenvalue weighted by molar-refractivity contribution is 5.86. The third-order valence-corrected chi connectivity index (χ3v) is 1.97. The van der Waals surface area contributed by atoms with Crippen LogP contribution >= 0.6 is 0 Å². The highest BCUT2D eigenvalue weighted by Gasteiger charge is 2.27. The van der Waals surface area contributed by atoms with Gasteiger partial charge in [-0.05, 0) is 0 Å². The van der Waals surface area contributed by atoms with Crippen molar-refractivity contribution in [2.45, 2.75) is 19.4 Å². The summed E-state index contributed by atoms with van der Waals surface area (Å²) in [5, 5.41) is 8.85. The minimum Gasteiger partial charge on any atom is -0.480 e. The molecule has 0 saturated heterocycles. The Bertz CT molecular complexity index is 300. The second-order valence-electron chi connectivity index (χ2n) is 3.16. The van der Waals surface area contributed by atoms with Crippen molar-refractivity contribution in [2.24, 2.45) is 0 Å². The average Bonchev–Trinajstić information content (AvgIpc) is 2.21. The van der Waals surface area contributed by atoms with E-state index in [1.807, 2.05) is 0 Å². The fourth-order valence-electron chi connectivity index (χ4n) is 0.978. The van der Waals surface area contributed by atoms with Crippen LogP contribution in [0.2, 0.25) is 0 Å². The lowest BCUT2D eigenvalue weighted by Gasteiger charge is -2.22. The van der Waals surface area contributed by atoms with E-state index < -0.39 is 23.9 Å². The van der Waals surface area contributed by atoms with E-state index >= 15 is 0 Å². The predicted octanol–water partition coefficient (Wildman–Crippen LogP) is 0.0372. The van der Waals surface area contributed by atoms with Gasteiger partial charge < -0.3 is 14.7 Å². The van der Waals surface area contributed by atoms with Gasteiger partial charge in [-0.2, -0.15) is 0 Å². The molecule has 0 aliphatic heterocycles. The summed E-state index contributed by atoms with van der Waals surface area (Å²) in [5.74, 6) is -2.35. The van der Waals surface area contributed by atoms with Gasteiger partial charge in [-0.1, -0.05) is 12.7 Å². The minimum atomic E-state index is -1.24. The van der Waals surface area contributed by atoms with Crippen molar-refractivity contribution in [3.05, 3.63) is 12.7 Å². The SMILES string of the molecule is C=CCOC(=O)C[C@@H](C(=O)O)N(C)C(C)=O. The number of hydrogen-bond acceptors (Lipinski definition) is 4. The van der Waals surface area contributed by atoms with Gasteiger partial charge in [0.15, 0.2) is 0 Å². The summed E-state index contributed by atoms with van der Waals surface area (Å²) in [7, 11) is 1.32. The molecule has 0 unspecified atom stereocenters. The molecule has 90 valence electrons. The third-order valence-electron chi connectivity index (χ3n) is 1.97. The molecule has 0 rings (SSSR count). The molecule has 0 aliphatic carbocycles. The number of amides is 1. The minimum absolute atomic E-state index is 0.0228. The fourth-order valence-corrected chi connectivity index (χ4v) is 0.978. The Kier molecular flexibility index (Phi) is 5.84. The molecule has 1 N–H and O–H groups in total. The highest BCUT2D eigenvalue weighted by atomic mass is 16.5. The second-order valence-corrected chi connectivity index (χ2v) is 3.16. The van der Waals surface area contributed by atoms with Crippen LogP contribution < -0.4 is 0 Å². The maximum absolute atomic E-state index is 11.2.